The molecule has 0 spiro atoms. The highest BCUT2D eigenvalue weighted by Gasteiger charge is 2.52. The van der Waals surface area contributed by atoms with E-state index in [0.29, 0.717) is 13.2 Å². The second-order valence-corrected chi connectivity index (χ2v) is 5.73. The van der Waals surface area contributed by atoms with E-state index in [0.717, 1.165) is 12.8 Å². The Kier molecular flexibility index (Phi) is 3.13. The summed E-state index contributed by atoms with van der Waals surface area (Å²) < 4.78 is 11.1. The summed E-state index contributed by atoms with van der Waals surface area (Å²) in [7, 11) is 0. The summed E-state index contributed by atoms with van der Waals surface area (Å²) in [5.41, 5.74) is 0. The predicted octanol–water partition coefficient (Wildman–Crippen LogP) is 2.05. The molecule has 2 saturated heterocycles. The number of ether oxygens (including phenoxy) is 2. The van der Waals surface area contributed by atoms with Crippen molar-refractivity contribution in [1.29, 1.82) is 0 Å². The fourth-order valence-electron chi connectivity index (χ4n) is 2.46. The van der Waals surface area contributed by atoms with Gasteiger partial charge in [0.1, 0.15) is 6.10 Å². The van der Waals surface area contributed by atoms with E-state index in [1.165, 1.54) is 4.90 Å². The molecule has 0 saturated carbocycles. The van der Waals surface area contributed by atoms with Crippen LogP contribution in [0.5, 0.6) is 0 Å². The highest BCUT2D eigenvalue weighted by Crippen LogP contribution is 2.42. The zero-order chi connectivity index (χ0) is 11.7. The van der Waals surface area contributed by atoms with E-state index >= 15 is 0 Å². The van der Waals surface area contributed by atoms with Crippen LogP contribution in [0, 0.1) is 0 Å². The molecule has 0 amide bonds. The summed E-state index contributed by atoms with van der Waals surface area (Å²) in [4.78, 5) is 1.17. The molecule has 0 aliphatic carbocycles. The van der Waals surface area contributed by atoms with E-state index in [1.807, 2.05) is 18.2 Å². The second kappa shape index (κ2) is 4.61. The van der Waals surface area contributed by atoms with E-state index in [1.54, 1.807) is 11.8 Å². The van der Waals surface area contributed by atoms with E-state index in [-0.39, 0.29) is 11.4 Å². The summed E-state index contributed by atoms with van der Waals surface area (Å²) in [5, 5.41) is 10.6. The molecule has 0 bridgehead atoms. The maximum Gasteiger partial charge on any atom is 0.205 e. The molecule has 2 aliphatic rings. The first-order chi connectivity index (χ1) is 8.29. The molecule has 2 heterocycles. The van der Waals surface area contributed by atoms with E-state index < -0.39 is 5.79 Å². The Morgan fingerprint density at radius 2 is 2.00 bits per heavy atom. The van der Waals surface area contributed by atoms with Crippen molar-refractivity contribution in [3.8, 4) is 0 Å². The second-order valence-electron chi connectivity index (χ2n) is 4.46. The van der Waals surface area contributed by atoms with Gasteiger partial charge in [0.2, 0.25) is 5.79 Å². The minimum Gasteiger partial charge on any atom is -0.372 e. The lowest BCUT2D eigenvalue weighted by Gasteiger charge is -2.39. The topological polar surface area (TPSA) is 38.7 Å². The summed E-state index contributed by atoms with van der Waals surface area (Å²) in [6, 6.07) is 10.1. The molecule has 1 aromatic rings. The minimum atomic E-state index is -1.10. The summed E-state index contributed by atoms with van der Waals surface area (Å²) >= 11 is 1.68. The molecule has 0 unspecified atom stereocenters. The van der Waals surface area contributed by atoms with Crippen LogP contribution >= 0.6 is 11.8 Å². The average Bonchev–Trinajstić information content (AvgIpc) is 2.74. The van der Waals surface area contributed by atoms with Gasteiger partial charge >= 0.3 is 0 Å². The van der Waals surface area contributed by atoms with E-state index in [4.69, 9.17) is 9.47 Å². The normalized spacial score (nSPS) is 36.8. The third-order valence-corrected chi connectivity index (χ3v) is 4.76. The van der Waals surface area contributed by atoms with Crippen LogP contribution in [0.1, 0.15) is 12.8 Å². The number of rotatable bonds is 2. The van der Waals surface area contributed by atoms with Crippen LogP contribution in [0.4, 0.5) is 0 Å². The van der Waals surface area contributed by atoms with Gasteiger partial charge in [-0.15, -0.1) is 11.8 Å². The lowest BCUT2D eigenvalue weighted by Crippen LogP contribution is -2.53. The molecule has 2 aliphatic heterocycles. The molecule has 2 fully saturated rings. The standard InChI is InChI=1S/C13H16O3S/c14-13-11(6-9-16-13)15-8-7-12(13)17-10-4-2-1-3-5-10/h1-5,11-12,14H,6-9H2/t11-,12-,13+/m1/s1. The molecule has 0 aromatic heterocycles. The summed E-state index contributed by atoms with van der Waals surface area (Å²) in [5.74, 6) is -1.10. The molecular formula is C13H16O3S. The van der Waals surface area contributed by atoms with Gasteiger partial charge in [0, 0.05) is 17.9 Å². The fourth-order valence-corrected chi connectivity index (χ4v) is 3.71. The molecule has 1 N–H and O–H groups in total. The first-order valence-corrected chi connectivity index (χ1v) is 6.86. The molecule has 1 aromatic carbocycles. The van der Waals surface area contributed by atoms with Crippen molar-refractivity contribution in [3.05, 3.63) is 30.3 Å². The van der Waals surface area contributed by atoms with Gasteiger partial charge in [-0.25, -0.2) is 0 Å². The number of hydrogen-bond acceptors (Lipinski definition) is 4. The Bertz CT molecular complexity index is 384. The first-order valence-electron chi connectivity index (χ1n) is 5.99. The van der Waals surface area contributed by atoms with Gasteiger partial charge < -0.3 is 14.6 Å². The van der Waals surface area contributed by atoms with Crippen molar-refractivity contribution in [2.45, 2.75) is 34.9 Å². The van der Waals surface area contributed by atoms with E-state index in [2.05, 4.69) is 12.1 Å². The Labute approximate surface area is 105 Å². The average molecular weight is 252 g/mol. The minimum absolute atomic E-state index is 0.0612. The zero-order valence-corrected chi connectivity index (χ0v) is 10.4. The number of fused-ring (bicyclic) bond motifs is 1. The monoisotopic (exact) mass is 252 g/mol. The molecule has 17 heavy (non-hydrogen) atoms. The predicted molar refractivity (Wildman–Crippen MR) is 66.0 cm³/mol. The largest absolute Gasteiger partial charge is 0.372 e. The SMILES string of the molecule is O[C@]12OCC[C@H]1OCC[C@H]2Sc1ccccc1. The van der Waals surface area contributed by atoms with Crippen LogP contribution in [0.2, 0.25) is 0 Å². The molecule has 4 heteroatoms. The van der Waals surface area contributed by atoms with Crippen LogP contribution < -0.4 is 0 Å². The van der Waals surface area contributed by atoms with Crippen molar-refractivity contribution in [3.63, 3.8) is 0 Å². The molecule has 3 nitrogen and oxygen atoms in total. The number of thioether (sulfide) groups is 1. The smallest absolute Gasteiger partial charge is 0.205 e. The molecule has 3 rings (SSSR count). The van der Waals surface area contributed by atoms with Crippen LogP contribution in [-0.2, 0) is 9.47 Å². The number of benzene rings is 1. The third-order valence-electron chi connectivity index (χ3n) is 3.36. The fraction of sp³-hybridized carbons (Fsp3) is 0.538. The number of aliphatic hydroxyl groups is 1. The van der Waals surface area contributed by atoms with Gasteiger partial charge in [0.05, 0.1) is 11.9 Å². The Balaban J connectivity index is 1.78. The zero-order valence-electron chi connectivity index (χ0n) is 9.54. The number of hydrogen-bond donors (Lipinski definition) is 1. The molecule has 92 valence electrons. The molecule has 3 atom stereocenters. The first kappa shape index (κ1) is 11.5. The van der Waals surface area contributed by atoms with Crippen LogP contribution in [0.15, 0.2) is 35.2 Å². The van der Waals surface area contributed by atoms with Crippen LogP contribution in [-0.4, -0.2) is 35.5 Å². The Morgan fingerprint density at radius 1 is 1.18 bits per heavy atom. The van der Waals surface area contributed by atoms with Crippen molar-refractivity contribution in [2.75, 3.05) is 13.2 Å². The maximum atomic E-state index is 10.6. The molecular weight excluding hydrogens is 236 g/mol. The van der Waals surface area contributed by atoms with Crippen molar-refractivity contribution in [1.82, 2.24) is 0 Å². The molecule has 0 radical (unpaired) electrons. The Hall–Kier alpha value is -0.550. The van der Waals surface area contributed by atoms with Crippen molar-refractivity contribution < 1.29 is 14.6 Å². The lowest BCUT2D eigenvalue weighted by atomic mass is 10.0. The van der Waals surface area contributed by atoms with Gasteiger partial charge in [-0.3, -0.25) is 0 Å². The van der Waals surface area contributed by atoms with Gasteiger partial charge in [0.15, 0.2) is 0 Å². The van der Waals surface area contributed by atoms with Crippen molar-refractivity contribution in [2.24, 2.45) is 0 Å². The van der Waals surface area contributed by atoms with Gasteiger partial charge in [-0.2, -0.15) is 0 Å². The summed E-state index contributed by atoms with van der Waals surface area (Å²) in [6.07, 6.45) is 1.46. The lowest BCUT2D eigenvalue weighted by molar-refractivity contribution is -0.242. The van der Waals surface area contributed by atoms with Gasteiger partial charge in [0.25, 0.3) is 0 Å². The van der Waals surface area contributed by atoms with Crippen LogP contribution in [0.25, 0.3) is 0 Å². The van der Waals surface area contributed by atoms with E-state index in [9.17, 15) is 5.11 Å². The highest BCUT2D eigenvalue weighted by molar-refractivity contribution is 8.00. The maximum absolute atomic E-state index is 10.6. The van der Waals surface area contributed by atoms with Crippen molar-refractivity contribution >= 4 is 11.8 Å². The third kappa shape index (κ3) is 2.10. The Morgan fingerprint density at radius 3 is 2.82 bits per heavy atom. The summed E-state index contributed by atoms with van der Waals surface area (Å²) in [6.45, 7) is 1.30. The van der Waals surface area contributed by atoms with Gasteiger partial charge in [-0.05, 0) is 18.6 Å². The van der Waals surface area contributed by atoms with Crippen LogP contribution in [0.3, 0.4) is 0 Å². The van der Waals surface area contributed by atoms with Gasteiger partial charge in [-0.1, -0.05) is 18.2 Å². The quantitative estimate of drug-likeness (QED) is 0.874. The highest BCUT2D eigenvalue weighted by atomic mass is 32.2.